The van der Waals surface area contributed by atoms with Crippen LogP contribution < -0.4 is 0 Å². The standard InChI is InChI=1S/C10H17N3O2/c1-7(2)5-8-12-11-6-13(8)10(3,4)9(14)15/h6-7H,5H2,1-4H3,(H,14,15). The Morgan fingerprint density at radius 3 is 2.67 bits per heavy atom. The number of aliphatic carboxylic acids is 1. The molecule has 1 N–H and O–H groups in total. The predicted octanol–water partition coefficient (Wildman–Crippen LogP) is 1.30. The molecule has 0 unspecified atom stereocenters. The number of carbonyl (C=O) groups is 1. The summed E-state index contributed by atoms with van der Waals surface area (Å²) in [7, 11) is 0. The number of rotatable bonds is 4. The van der Waals surface area contributed by atoms with Crippen molar-refractivity contribution in [2.75, 3.05) is 0 Å². The van der Waals surface area contributed by atoms with Gasteiger partial charge in [0.1, 0.15) is 17.7 Å². The zero-order valence-electron chi connectivity index (χ0n) is 9.56. The second kappa shape index (κ2) is 4.00. The van der Waals surface area contributed by atoms with Crippen LogP contribution in [0.4, 0.5) is 0 Å². The minimum absolute atomic E-state index is 0.428. The first-order valence-corrected chi connectivity index (χ1v) is 4.98. The van der Waals surface area contributed by atoms with Crippen LogP contribution in [0.15, 0.2) is 6.33 Å². The third kappa shape index (κ3) is 2.34. The Morgan fingerprint density at radius 2 is 2.20 bits per heavy atom. The molecular weight excluding hydrogens is 194 g/mol. The molecule has 15 heavy (non-hydrogen) atoms. The van der Waals surface area contributed by atoms with Gasteiger partial charge in [-0.1, -0.05) is 13.8 Å². The van der Waals surface area contributed by atoms with Crippen molar-refractivity contribution in [2.24, 2.45) is 5.92 Å². The molecule has 5 nitrogen and oxygen atoms in total. The molecule has 1 aromatic heterocycles. The average molecular weight is 211 g/mol. The molecule has 0 bridgehead atoms. The highest BCUT2D eigenvalue weighted by Crippen LogP contribution is 2.18. The lowest BCUT2D eigenvalue weighted by atomic mass is 10.0. The molecule has 84 valence electrons. The van der Waals surface area contributed by atoms with Crippen LogP contribution in [0.3, 0.4) is 0 Å². The molecular formula is C10H17N3O2. The van der Waals surface area contributed by atoms with Crippen molar-refractivity contribution in [3.8, 4) is 0 Å². The fourth-order valence-corrected chi connectivity index (χ4v) is 1.33. The summed E-state index contributed by atoms with van der Waals surface area (Å²) < 4.78 is 1.62. The van der Waals surface area contributed by atoms with Gasteiger partial charge in [-0.3, -0.25) is 0 Å². The van der Waals surface area contributed by atoms with E-state index in [-0.39, 0.29) is 0 Å². The first-order valence-electron chi connectivity index (χ1n) is 4.98. The molecule has 1 heterocycles. The lowest BCUT2D eigenvalue weighted by Crippen LogP contribution is -2.36. The van der Waals surface area contributed by atoms with Gasteiger partial charge in [-0.05, 0) is 19.8 Å². The quantitative estimate of drug-likeness (QED) is 0.815. The molecule has 0 saturated carbocycles. The number of hydrogen-bond acceptors (Lipinski definition) is 3. The minimum atomic E-state index is -0.992. The summed E-state index contributed by atoms with van der Waals surface area (Å²) in [4.78, 5) is 11.1. The summed E-state index contributed by atoms with van der Waals surface area (Å²) in [6, 6.07) is 0. The van der Waals surface area contributed by atoms with E-state index < -0.39 is 11.5 Å². The van der Waals surface area contributed by atoms with E-state index in [1.807, 2.05) is 0 Å². The summed E-state index contributed by atoms with van der Waals surface area (Å²) in [5, 5.41) is 16.8. The Hall–Kier alpha value is -1.39. The monoisotopic (exact) mass is 211 g/mol. The van der Waals surface area contributed by atoms with Crippen molar-refractivity contribution in [1.29, 1.82) is 0 Å². The molecule has 0 atom stereocenters. The molecule has 0 fully saturated rings. The van der Waals surface area contributed by atoms with Crippen molar-refractivity contribution >= 4 is 5.97 Å². The SMILES string of the molecule is CC(C)Cc1nncn1C(C)(C)C(=O)O. The van der Waals surface area contributed by atoms with Gasteiger partial charge in [0.15, 0.2) is 0 Å². The molecule has 1 aromatic rings. The normalized spacial score (nSPS) is 12.1. The maximum atomic E-state index is 11.1. The van der Waals surface area contributed by atoms with Crippen LogP contribution in [-0.4, -0.2) is 25.8 Å². The van der Waals surface area contributed by atoms with E-state index in [9.17, 15) is 4.79 Å². The van der Waals surface area contributed by atoms with E-state index in [1.54, 1.807) is 18.4 Å². The van der Waals surface area contributed by atoms with Crippen LogP contribution in [0.5, 0.6) is 0 Å². The number of carboxylic acids is 1. The molecule has 0 aromatic carbocycles. The van der Waals surface area contributed by atoms with Crippen molar-refractivity contribution < 1.29 is 9.90 Å². The third-order valence-electron chi connectivity index (χ3n) is 2.33. The fraction of sp³-hybridized carbons (Fsp3) is 0.700. The van der Waals surface area contributed by atoms with Crippen molar-refractivity contribution in [2.45, 2.75) is 39.7 Å². The lowest BCUT2D eigenvalue weighted by molar-refractivity contribution is -0.145. The van der Waals surface area contributed by atoms with Gasteiger partial charge >= 0.3 is 5.97 Å². The number of carboxylic acid groups (broad SMARTS) is 1. The second-order valence-electron chi connectivity index (χ2n) is 4.58. The molecule has 0 radical (unpaired) electrons. The Morgan fingerprint density at radius 1 is 1.60 bits per heavy atom. The first-order chi connectivity index (χ1) is 6.85. The van der Waals surface area contributed by atoms with E-state index in [4.69, 9.17) is 5.11 Å². The van der Waals surface area contributed by atoms with E-state index in [0.29, 0.717) is 5.92 Å². The Labute approximate surface area is 89.1 Å². The molecule has 0 aliphatic heterocycles. The Balaban J connectivity index is 3.04. The smallest absolute Gasteiger partial charge is 0.329 e. The largest absolute Gasteiger partial charge is 0.480 e. The molecule has 0 saturated heterocycles. The lowest BCUT2D eigenvalue weighted by Gasteiger charge is -2.23. The fourth-order valence-electron chi connectivity index (χ4n) is 1.33. The van der Waals surface area contributed by atoms with Gasteiger partial charge in [0, 0.05) is 6.42 Å². The summed E-state index contributed by atoms with van der Waals surface area (Å²) in [6.07, 6.45) is 2.21. The summed E-state index contributed by atoms with van der Waals surface area (Å²) in [5.41, 5.74) is -0.992. The molecule has 0 spiro atoms. The topological polar surface area (TPSA) is 68.0 Å². The van der Waals surface area contributed by atoms with Gasteiger partial charge in [-0.2, -0.15) is 0 Å². The third-order valence-corrected chi connectivity index (χ3v) is 2.33. The molecule has 0 aliphatic rings. The van der Waals surface area contributed by atoms with Crippen LogP contribution in [0, 0.1) is 5.92 Å². The van der Waals surface area contributed by atoms with E-state index in [1.165, 1.54) is 6.33 Å². The van der Waals surface area contributed by atoms with Crippen LogP contribution in [0.1, 0.15) is 33.5 Å². The van der Waals surface area contributed by atoms with E-state index in [2.05, 4.69) is 24.0 Å². The van der Waals surface area contributed by atoms with Gasteiger partial charge in [-0.25, -0.2) is 4.79 Å². The predicted molar refractivity (Wildman–Crippen MR) is 55.5 cm³/mol. The first kappa shape index (κ1) is 11.7. The summed E-state index contributed by atoms with van der Waals surface area (Å²) in [6.45, 7) is 7.41. The minimum Gasteiger partial charge on any atom is -0.480 e. The zero-order chi connectivity index (χ0) is 11.6. The maximum absolute atomic E-state index is 11.1. The highest BCUT2D eigenvalue weighted by molar-refractivity contribution is 5.75. The number of nitrogens with zero attached hydrogens (tertiary/aromatic N) is 3. The van der Waals surface area contributed by atoms with Crippen molar-refractivity contribution in [3.05, 3.63) is 12.2 Å². The summed E-state index contributed by atoms with van der Waals surface area (Å²) in [5.74, 6) is 0.266. The van der Waals surface area contributed by atoms with Crippen molar-refractivity contribution in [3.63, 3.8) is 0 Å². The number of aromatic nitrogens is 3. The van der Waals surface area contributed by atoms with Crippen LogP contribution in [-0.2, 0) is 16.8 Å². The average Bonchev–Trinajstić information content (AvgIpc) is 2.51. The zero-order valence-corrected chi connectivity index (χ0v) is 9.56. The molecule has 1 rings (SSSR count). The molecule has 5 heteroatoms. The van der Waals surface area contributed by atoms with Gasteiger partial charge in [0.2, 0.25) is 0 Å². The molecule has 0 aliphatic carbocycles. The highest BCUT2D eigenvalue weighted by atomic mass is 16.4. The van der Waals surface area contributed by atoms with Crippen LogP contribution in [0.25, 0.3) is 0 Å². The van der Waals surface area contributed by atoms with E-state index >= 15 is 0 Å². The Kier molecular flexibility index (Phi) is 3.12. The van der Waals surface area contributed by atoms with E-state index in [0.717, 1.165) is 12.2 Å². The van der Waals surface area contributed by atoms with Crippen LogP contribution >= 0.6 is 0 Å². The van der Waals surface area contributed by atoms with Crippen LogP contribution in [0.2, 0.25) is 0 Å². The van der Waals surface area contributed by atoms with Gasteiger partial charge in [-0.15, -0.1) is 10.2 Å². The maximum Gasteiger partial charge on any atom is 0.329 e. The van der Waals surface area contributed by atoms with Crippen molar-refractivity contribution in [1.82, 2.24) is 14.8 Å². The van der Waals surface area contributed by atoms with Gasteiger partial charge in [0.05, 0.1) is 0 Å². The number of hydrogen-bond donors (Lipinski definition) is 1. The van der Waals surface area contributed by atoms with Gasteiger partial charge in [0.25, 0.3) is 0 Å². The molecule has 0 amide bonds. The summed E-state index contributed by atoms with van der Waals surface area (Å²) >= 11 is 0. The Bertz CT molecular complexity index is 355. The van der Waals surface area contributed by atoms with Gasteiger partial charge < -0.3 is 9.67 Å². The second-order valence-corrected chi connectivity index (χ2v) is 4.58. The highest BCUT2D eigenvalue weighted by Gasteiger charge is 2.31.